The van der Waals surface area contributed by atoms with Gasteiger partial charge < -0.3 is 0 Å². The van der Waals surface area contributed by atoms with Gasteiger partial charge in [-0.15, -0.1) is 0 Å². The van der Waals surface area contributed by atoms with Crippen LogP contribution in [0.1, 0.15) is 37.3 Å². The Morgan fingerprint density at radius 2 is 1.77 bits per heavy atom. The molecule has 3 aromatic rings. The predicted octanol–water partition coefficient (Wildman–Crippen LogP) is 4.58. The number of halogens is 3. The summed E-state index contributed by atoms with van der Waals surface area (Å²) in [6.07, 6.45) is 5.92. The molecule has 2 heterocycles. The lowest BCUT2D eigenvalue weighted by atomic mass is 9.34. The van der Waals surface area contributed by atoms with Crippen LogP contribution in [0.2, 0.25) is 0 Å². The second-order valence-electron chi connectivity index (χ2n) is 9.22. The van der Waals surface area contributed by atoms with Crippen LogP contribution < -0.4 is 0 Å². The minimum Gasteiger partial charge on any atom is -0.272 e. The van der Waals surface area contributed by atoms with Crippen molar-refractivity contribution in [1.29, 1.82) is 0 Å². The summed E-state index contributed by atoms with van der Waals surface area (Å²) in [4.78, 5) is 13.3. The van der Waals surface area contributed by atoms with E-state index in [1.54, 1.807) is 18.5 Å². The number of nitrogens with zero attached hydrogens (tertiary/aromatic N) is 4. The number of carbonyl (C=O) groups is 1. The maximum absolute atomic E-state index is 13.7. The molecule has 5 nitrogen and oxygen atoms in total. The average Bonchev–Trinajstić information content (AvgIpc) is 3.29. The van der Waals surface area contributed by atoms with Gasteiger partial charge in [-0.1, -0.05) is 0 Å². The first-order valence-electron chi connectivity index (χ1n) is 10.3. The van der Waals surface area contributed by atoms with Gasteiger partial charge in [0.05, 0.1) is 23.2 Å². The van der Waals surface area contributed by atoms with Gasteiger partial charge in [-0.25, -0.2) is 18.2 Å². The Morgan fingerprint density at radius 1 is 1.03 bits per heavy atom. The number of rotatable bonds is 4. The van der Waals surface area contributed by atoms with Crippen LogP contribution in [0.5, 0.6) is 0 Å². The van der Waals surface area contributed by atoms with Gasteiger partial charge in [0.25, 0.3) is 0 Å². The van der Waals surface area contributed by atoms with Gasteiger partial charge in [0.2, 0.25) is 5.91 Å². The zero-order valence-electron chi connectivity index (χ0n) is 16.6. The zero-order valence-corrected chi connectivity index (χ0v) is 16.6. The topological polar surface area (TPSA) is 50.5 Å². The Kier molecular flexibility index (Phi) is 3.71. The largest absolute Gasteiger partial charge is 0.272 e. The van der Waals surface area contributed by atoms with E-state index < -0.39 is 23.1 Å². The van der Waals surface area contributed by atoms with Crippen LogP contribution in [0.15, 0.2) is 47.7 Å². The van der Waals surface area contributed by atoms with Gasteiger partial charge in [0.1, 0.15) is 17.5 Å². The van der Waals surface area contributed by atoms with E-state index in [0.717, 1.165) is 17.0 Å². The van der Waals surface area contributed by atoms with E-state index in [1.165, 1.54) is 29.3 Å². The third-order valence-electron chi connectivity index (χ3n) is 6.99. The molecule has 3 fully saturated rings. The first-order valence-corrected chi connectivity index (χ1v) is 10.3. The maximum Gasteiger partial charge on any atom is 0.249 e. The predicted molar refractivity (Wildman–Crippen MR) is 107 cm³/mol. The Hall–Kier alpha value is -3.16. The standard InChI is InChI=1S/C23H19F3N4O/c24-16-2-1-14-9-28-29(20(14)8-16)13-22-10-23(11-22,12-22)21(31)30-19(3-4-27-30)15-5-17(25)7-18(26)6-15/h1-2,4-9,19H,3,10-13H2. The second kappa shape index (κ2) is 6.18. The van der Waals surface area contributed by atoms with Crippen molar-refractivity contribution >= 4 is 23.0 Å². The van der Waals surface area contributed by atoms with Crippen molar-refractivity contribution in [3.63, 3.8) is 0 Å². The molecule has 0 saturated heterocycles. The first-order chi connectivity index (χ1) is 14.9. The SMILES string of the molecule is O=C(N1N=CCC1c1cc(F)cc(F)c1)C12CC(Cn3ncc4ccc(F)cc43)(C1)C2. The van der Waals surface area contributed by atoms with Crippen LogP contribution in [0.4, 0.5) is 13.2 Å². The maximum atomic E-state index is 13.7. The molecule has 1 unspecified atom stereocenters. The molecular formula is C23H19F3N4O. The normalized spacial score (nSPS) is 28.6. The summed E-state index contributed by atoms with van der Waals surface area (Å²) in [5, 5.41) is 10.9. The van der Waals surface area contributed by atoms with Crippen LogP contribution in [-0.4, -0.2) is 26.9 Å². The molecule has 4 aliphatic rings. The summed E-state index contributed by atoms with van der Waals surface area (Å²) < 4.78 is 42.8. The fourth-order valence-corrected chi connectivity index (χ4v) is 5.78. The van der Waals surface area contributed by atoms with Gasteiger partial charge in [-0.3, -0.25) is 9.48 Å². The summed E-state index contributed by atoms with van der Waals surface area (Å²) in [6, 6.07) is 7.46. The van der Waals surface area contributed by atoms with Gasteiger partial charge in [0, 0.05) is 30.6 Å². The molecule has 0 N–H and O–H groups in total. The fourth-order valence-electron chi connectivity index (χ4n) is 5.78. The van der Waals surface area contributed by atoms with Crippen molar-refractivity contribution < 1.29 is 18.0 Å². The van der Waals surface area contributed by atoms with Crippen molar-refractivity contribution in [2.45, 2.75) is 38.3 Å². The number of amides is 1. The van der Waals surface area contributed by atoms with E-state index in [9.17, 15) is 18.0 Å². The van der Waals surface area contributed by atoms with Crippen molar-refractivity contribution in [3.8, 4) is 0 Å². The molecule has 8 heteroatoms. The Labute approximate surface area is 176 Å². The molecular weight excluding hydrogens is 405 g/mol. The molecule has 2 bridgehead atoms. The molecule has 0 radical (unpaired) electrons. The first kappa shape index (κ1) is 18.6. The van der Waals surface area contributed by atoms with Crippen molar-refractivity contribution in [2.24, 2.45) is 15.9 Å². The summed E-state index contributed by atoms with van der Waals surface area (Å²) >= 11 is 0. The van der Waals surface area contributed by atoms with Gasteiger partial charge >= 0.3 is 0 Å². The van der Waals surface area contributed by atoms with Crippen LogP contribution in [0.25, 0.3) is 10.9 Å². The number of hydrogen-bond acceptors (Lipinski definition) is 3. The highest BCUT2D eigenvalue weighted by molar-refractivity contribution is 5.88. The molecule has 2 aromatic carbocycles. The van der Waals surface area contributed by atoms with Crippen molar-refractivity contribution in [2.75, 3.05) is 0 Å². The molecule has 158 valence electrons. The average molecular weight is 424 g/mol. The van der Waals surface area contributed by atoms with E-state index in [-0.39, 0.29) is 17.1 Å². The molecule has 1 amide bonds. The molecule has 3 aliphatic carbocycles. The Balaban J connectivity index is 1.18. The summed E-state index contributed by atoms with van der Waals surface area (Å²) in [7, 11) is 0. The van der Waals surface area contributed by atoms with E-state index in [1.807, 2.05) is 4.68 Å². The Morgan fingerprint density at radius 3 is 2.52 bits per heavy atom. The van der Waals surface area contributed by atoms with E-state index >= 15 is 0 Å². The van der Waals surface area contributed by atoms with E-state index in [2.05, 4.69) is 10.2 Å². The lowest BCUT2D eigenvalue weighted by Crippen LogP contribution is -2.68. The summed E-state index contributed by atoms with van der Waals surface area (Å²) in [5.74, 6) is -1.72. The highest BCUT2D eigenvalue weighted by Crippen LogP contribution is 2.74. The molecule has 0 spiro atoms. The third-order valence-corrected chi connectivity index (χ3v) is 6.99. The number of carbonyl (C=O) groups excluding carboxylic acids is 1. The molecule has 31 heavy (non-hydrogen) atoms. The quantitative estimate of drug-likeness (QED) is 0.616. The van der Waals surface area contributed by atoms with Crippen molar-refractivity contribution in [1.82, 2.24) is 14.8 Å². The number of fused-ring (bicyclic) bond motifs is 1. The molecule has 7 rings (SSSR count). The highest BCUT2D eigenvalue weighted by Gasteiger charge is 2.72. The van der Waals surface area contributed by atoms with Gasteiger partial charge in [0.15, 0.2) is 0 Å². The second-order valence-corrected chi connectivity index (χ2v) is 9.22. The number of aromatic nitrogens is 2. The molecule has 3 saturated carbocycles. The number of hydrazone groups is 1. The highest BCUT2D eigenvalue weighted by atomic mass is 19.1. The molecule has 1 aromatic heterocycles. The monoisotopic (exact) mass is 424 g/mol. The van der Waals surface area contributed by atoms with Crippen molar-refractivity contribution in [3.05, 3.63) is 65.6 Å². The van der Waals surface area contributed by atoms with E-state index in [0.29, 0.717) is 37.8 Å². The molecule has 1 atom stereocenters. The molecule has 1 aliphatic heterocycles. The zero-order chi connectivity index (χ0) is 21.4. The minimum absolute atomic E-state index is 0.0230. The van der Waals surface area contributed by atoms with E-state index in [4.69, 9.17) is 0 Å². The summed E-state index contributed by atoms with van der Waals surface area (Å²) in [6.45, 7) is 0.636. The minimum atomic E-state index is -0.665. The van der Waals surface area contributed by atoms with Gasteiger partial charge in [-0.2, -0.15) is 10.2 Å². The smallest absolute Gasteiger partial charge is 0.249 e. The van der Waals surface area contributed by atoms with Crippen LogP contribution in [0, 0.1) is 28.3 Å². The van der Waals surface area contributed by atoms with Crippen LogP contribution in [-0.2, 0) is 11.3 Å². The van der Waals surface area contributed by atoms with Crippen LogP contribution >= 0.6 is 0 Å². The lowest BCUT2D eigenvalue weighted by Gasteiger charge is -2.69. The fraction of sp³-hybridized carbons (Fsp3) is 0.348. The van der Waals surface area contributed by atoms with Gasteiger partial charge in [-0.05, 0) is 60.6 Å². The lowest BCUT2D eigenvalue weighted by molar-refractivity contribution is -0.223. The van der Waals surface area contributed by atoms with Crippen LogP contribution in [0.3, 0.4) is 0 Å². The number of hydrogen-bond donors (Lipinski definition) is 0. The number of benzene rings is 2. The Bertz CT molecular complexity index is 1230. The summed E-state index contributed by atoms with van der Waals surface area (Å²) in [5.41, 5.74) is 0.669. The third kappa shape index (κ3) is 2.73.